The summed E-state index contributed by atoms with van der Waals surface area (Å²) in [4.78, 5) is 13.9. The lowest BCUT2D eigenvalue weighted by Crippen LogP contribution is -2.46. The lowest BCUT2D eigenvalue weighted by molar-refractivity contribution is 0.174. The van der Waals surface area contributed by atoms with E-state index in [0.717, 1.165) is 67.0 Å². The number of benzene rings is 2. The highest BCUT2D eigenvalue weighted by molar-refractivity contribution is 5.66. The minimum Gasteiger partial charge on any atom is -0.497 e. The Morgan fingerprint density at radius 2 is 1.76 bits per heavy atom. The SMILES string of the molecule is COc1ccc(-c2cc(N3CCN(Cc4ccc5c(c4)OCO5)CC3)n3ncnc3n2)cc1. The van der Waals surface area contributed by atoms with Crippen molar-refractivity contribution in [3.63, 3.8) is 0 Å². The molecule has 0 N–H and O–H groups in total. The van der Waals surface area contributed by atoms with Gasteiger partial charge in [0.05, 0.1) is 12.8 Å². The Balaban J connectivity index is 1.20. The molecule has 2 aromatic carbocycles. The van der Waals surface area contributed by atoms with Crippen molar-refractivity contribution >= 4 is 11.6 Å². The van der Waals surface area contributed by atoms with Gasteiger partial charge >= 0.3 is 0 Å². The molecule has 1 saturated heterocycles. The zero-order valence-electron chi connectivity index (χ0n) is 18.3. The van der Waals surface area contributed by atoms with Crippen LogP contribution in [-0.4, -0.2) is 64.6 Å². The van der Waals surface area contributed by atoms with Crippen LogP contribution in [0.15, 0.2) is 54.9 Å². The summed E-state index contributed by atoms with van der Waals surface area (Å²) in [6, 6.07) is 16.2. The third-order valence-electron chi connectivity index (χ3n) is 6.16. The van der Waals surface area contributed by atoms with Gasteiger partial charge in [0.15, 0.2) is 11.5 Å². The molecule has 0 spiro atoms. The topological polar surface area (TPSA) is 77.2 Å². The molecule has 1 fully saturated rings. The zero-order chi connectivity index (χ0) is 22.2. The fourth-order valence-corrected chi connectivity index (χ4v) is 4.36. The highest BCUT2D eigenvalue weighted by Crippen LogP contribution is 2.33. The van der Waals surface area contributed by atoms with Gasteiger partial charge in [-0.2, -0.15) is 14.6 Å². The largest absolute Gasteiger partial charge is 0.497 e. The first-order valence-corrected chi connectivity index (χ1v) is 11.0. The maximum atomic E-state index is 5.52. The maximum absolute atomic E-state index is 5.52. The minimum absolute atomic E-state index is 0.304. The van der Waals surface area contributed by atoms with E-state index in [2.05, 4.69) is 38.1 Å². The van der Waals surface area contributed by atoms with Crippen LogP contribution in [0.1, 0.15) is 5.56 Å². The molecule has 168 valence electrons. The van der Waals surface area contributed by atoms with Gasteiger partial charge in [0, 0.05) is 44.4 Å². The average Bonchev–Trinajstić information content (AvgIpc) is 3.53. The number of ether oxygens (including phenoxy) is 3. The van der Waals surface area contributed by atoms with Crippen LogP contribution in [0.3, 0.4) is 0 Å². The van der Waals surface area contributed by atoms with E-state index in [1.807, 2.05) is 34.8 Å². The average molecular weight is 444 g/mol. The first-order chi connectivity index (χ1) is 16.3. The van der Waals surface area contributed by atoms with Gasteiger partial charge in [-0.3, -0.25) is 4.90 Å². The number of methoxy groups -OCH3 is 1. The summed E-state index contributed by atoms with van der Waals surface area (Å²) in [5.41, 5.74) is 3.12. The number of hydrogen-bond acceptors (Lipinski definition) is 8. The molecule has 9 nitrogen and oxygen atoms in total. The van der Waals surface area contributed by atoms with E-state index in [9.17, 15) is 0 Å². The molecule has 0 saturated carbocycles. The van der Waals surface area contributed by atoms with Crippen molar-refractivity contribution in [1.82, 2.24) is 24.5 Å². The van der Waals surface area contributed by atoms with Crippen molar-refractivity contribution in [3.8, 4) is 28.5 Å². The molecule has 2 aliphatic rings. The quantitative estimate of drug-likeness (QED) is 0.465. The summed E-state index contributed by atoms with van der Waals surface area (Å²) in [5, 5.41) is 4.42. The van der Waals surface area contributed by atoms with Crippen molar-refractivity contribution in [3.05, 3.63) is 60.4 Å². The summed E-state index contributed by atoms with van der Waals surface area (Å²) in [6.07, 6.45) is 1.56. The predicted molar refractivity (Wildman–Crippen MR) is 123 cm³/mol. The molecule has 33 heavy (non-hydrogen) atoms. The first-order valence-electron chi connectivity index (χ1n) is 11.0. The Morgan fingerprint density at radius 3 is 2.58 bits per heavy atom. The second-order valence-corrected chi connectivity index (χ2v) is 8.15. The molecule has 9 heteroatoms. The van der Waals surface area contributed by atoms with Crippen LogP contribution in [0.25, 0.3) is 17.0 Å². The van der Waals surface area contributed by atoms with Crippen molar-refractivity contribution in [2.75, 3.05) is 45.0 Å². The molecule has 0 radical (unpaired) electrons. The van der Waals surface area contributed by atoms with Gasteiger partial charge in [-0.05, 0) is 42.0 Å². The molecule has 2 aliphatic heterocycles. The lowest BCUT2D eigenvalue weighted by atomic mass is 10.1. The van der Waals surface area contributed by atoms with Crippen LogP contribution >= 0.6 is 0 Å². The summed E-state index contributed by atoms with van der Waals surface area (Å²) < 4.78 is 18.0. The molecule has 0 atom stereocenters. The van der Waals surface area contributed by atoms with Crippen molar-refractivity contribution in [2.45, 2.75) is 6.54 Å². The number of anilines is 1. The van der Waals surface area contributed by atoms with E-state index in [-0.39, 0.29) is 0 Å². The third kappa shape index (κ3) is 3.80. The maximum Gasteiger partial charge on any atom is 0.254 e. The highest BCUT2D eigenvalue weighted by Gasteiger charge is 2.22. The molecule has 4 heterocycles. The van der Waals surface area contributed by atoms with Gasteiger partial charge in [0.25, 0.3) is 5.78 Å². The summed E-state index contributed by atoms with van der Waals surface area (Å²) >= 11 is 0. The van der Waals surface area contributed by atoms with E-state index in [0.29, 0.717) is 12.6 Å². The Morgan fingerprint density at radius 1 is 0.939 bits per heavy atom. The van der Waals surface area contributed by atoms with E-state index >= 15 is 0 Å². The number of aromatic nitrogens is 4. The molecular formula is C24H24N6O3. The standard InChI is InChI=1S/C24H24N6O3/c1-31-19-5-3-18(4-6-19)20-13-23(30-24(27-20)25-15-26-30)29-10-8-28(9-11-29)14-17-2-7-21-22(12-17)33-16-32-21/h2-7,12-13,15H,8-11,14,16H2,1H3. The van der Waals surface area contributed by atoms with Crippen molar-refractivity contribution < 1.29 is 14.2 Å². The molecule has 0 amide bonds. The van der Waals surface area contributed by atoms with Crippen molar-refractivity contribution in [2.24, 2.45) is 0 Å². The normalized spacial score (nSPS) is 15.8. The Hall–Kier alpha value is -3.85. The number of rotatable bonds is 5. The van der Waals surface area contributed by atoms with Gasteiger partial charge in [-0.25, -0.2) is 4.98 Å². The number of nitrogens with zero attached hydrogens (tertiary/aromatic N) is 6. The predicted octanol–water partition coefficient (Wildman–Crippen LogP) is 2.85. The molecule has 4 aromatic rings. The van der Waals surface area contributed by atoms with Crippen LogP contribution in [-0.2, 0) is 6.54 Å². The van der Waals surface area contributed by atoms with E-state index in [1.165, 1.54) is 5.56 Å². The molecule has 6 rings (SSSR count). The number of piperazine rings is 1. The van der Waals surface area contributed by atoms with Gasteiger partial charge in [-0.1, -0.05) is 6.07 Å². The van der Waals surface area contributed by atoms with E-state index in [4.69, 9.17) is 19.2 Å². The zero-order valence-corrected chi connectivity index (χ0v) is 18.3. The lowest BCUT2D eigenvalue weighted by Gasteiger charge is -2.36. The van der Waals surface area contributed by atoms with Crippen LogP contribution in [0.4, 0.5) is 5.82 Å². The summed E-state index contributed by atoms with van der Waals surface area (Å²) in [5.74, 6) is 4.08. The van der Waals surface area contributed by atoms with Crippen LogP contribution < -0.4 is 19.1 Å². The molecule has 0 aliphatic carbocycles. The van der Waals surface area contributed by atoms with Gasteiger partial charge in [0.1, 0.15) is 17.9 Å². The number of fused-ring (bicyclic) bond motifs is 2. The van der Waals surface area contributed by atoms with Crippen LogP contribution in [0.5, 0.6) is 17.2 Å². The second kappa shape index (κ2) is 8.25. The van der Waals surface area contributed by atoms with Gasteiger partial charge in [-0.15, -0.1) is 0 Å². The smallest absolute Gasteiger partial charge is 0.254 e. The van der Waals surface area contributed by atoms with Crippen molar-refractivity contribution in [1.29, 1.82) is 0 Å². The Bertz CT molecular complexity index is 1280. The van der Waals surface area contributed by atoms with Crippen LogP contribution in [0, 0.1) is 0 Å². The van der Waals surface area contributed by atoms with E-state index in [1.54, 1.807) is 13.4 Å². The summed E-state index contributed by atoms with van der Waals surface area (Å²) in [7, 11) is 1.67. The van der Waals surface area contributed by atoms with Gasteiger partial charge < -0.3 is 19.1 Å². The molecule has 2 aromatic heterocycles. The number of hydrogen-bond donors (Lipinski definition) is 0. The second-order valence-electron chi connectivity index (χ2n) is 8.15. The fraction of sp³-hybridized carbons (Fsp3) is 0.292. The van der Waals surface area contributed by atoms with Gasteiger partial charge in [0.2, 0.25) is 6.79 Å². The third-order valence-corrected chi connectivity index (χ3v) is 6.16. The summed E-state index contributed by atoms with van der Waals surface area (Å²) in [6.45, 7) is 4.88. The highest BCUT2D eigenvalue weighted by atomic mass is 16.7. The molecule has 0 unspecified atom stereocenters. The monoisotopic (exact) mass is 444 g/mol. The Kier molecular flexibility index (Phi) is 4.95. The molecular weight excluding hydrogens is 420 g/mol. The van der Waals surface area contributed by atoms with E-state index < -0.39 is 0 Å². The first kappa shape index (κ1) is 19.8. The Labute approximate surface area is 191 Å². The fourth-order valence-electron chi connectivity index (χ4n) is 4.36. The minimum atomic E-state index is 0.304. The molecule has 0 bridgehead atoms. The van der Waals surface area contributed by atoms with Crippen LogP contribution in [0.2, 0.25) is 0 Å².